The second kappa shape index (κ2) is 6.18. The highest BCUT2D eigenvalue weighted by Gasteiger charge is 2.52. The first-order valence-electron chi connectivity index (χ1n) is 9.66. The van der Waals surface area contributed by atoms with Crippen LogP contribution in [0.15, 0.2) is 0 Å². The first kappa shape index (κ1) is 16.0. The van der Waals surface area contributed by atoms with Crippen LogP contribution < -0.4 is 11.5 Å². The third-order valence-electron chi connectivity index (χ3n) is 6.83. The molecule has 5 fully saturated rings. The van der Waals surface area contributed by atoms with Gasteiger partial charge in [0.1, 0.15) is 0 Å². The smallest absolute Gasteiger partial charge is 0.0813 e. The molecule has 6 nitrogen and oxygen atoms in total. The van der Waals surface area contributed by atoms with Crippen LogP contribution in [-0.4, -0.2) is 62.9 Å². The summed E-state index contributed by atoms with van der Waals surface area (Å²) in [7, 11) is 0. The summed E-state index contributed by atoms with van der Waals surface area (Å²) in [5.41, 5.74) is 13.6. The summed E-state index contributed by atoms with van der Waals surface area (Å²) in [6.07, 6.45) is 5.89. The van der Waals surface area contributed by atoms with Gasteiger partial charge in [-0.15, -0.1) is 0 Å². The number of rotatable bonds is 8. The van der Waals surface area contributed by atoms with E-state index in [0.717, 1.165) is 52.1 Å². The lowest BCUT2D eigenvalue weighted by molar-refractivity contribution is 0.0232. The zero-order valence-corrected chi connectivity index (χ0v) is 14.2. The molecule has 8 atom stereocenters. The van der Waals surface area contributed by atoms with Crippen molar-refractivity contribution in [1.29, 1.82) is 0 Å². The Morgan fingerprint density at radius 1 is 0.500 bits per heavy atom. The number of ether oxygens (including phenoxy) is 4. The third-order valence-corrected chi connectivity index (χ3v) is 6.83. The van der Waals surface area contributed by atoms with Crippen LogP contribution in [0.3, 0.4) is 0 Å². The van der Waals surface area contributed by atoms with E-state index < -0.39 is 0 Å². The molecular formula is C18H30N2O4. The summed E-state index contributed by atoms with van der Waals surface area (Å²) in [5, 5.41) is 0. The van der Waals surface area contributed by atoms with Crippen LogP contribution in [0.1, 0.15) is 25.7 Å². The van der Waals surface area contributed by atoms with Gasteiger partial charge >= 0.3 is 0 Å². The van der Waals surface area contributed by atoms with Crippen molar-refractivity contribution in [3.8, 4) is 0 Å². The Balaban J connectivity index is 1.38. The third kappa shape index (κ3) is 3.50. The Morgan fingerprint density at radius 2 is 0.792 bits per heavy atom. The van der Waals surface area contributed by atoms with Crippen LogP contribution in [-0.2, 0) is 18.9 Å². The van der Waals surface area contributed by atoms with Crippen molar-refractivity contribution >= 4 is 0 Å². The first-order chi connectivity index (χ1) is 11.7. The van der Waals surface area contributed by atoms with Crippen molar-refractivity contribution in [2.45, 2.75) is 62.2 Å². The van der Waals surface area contributed by atoms with Crippen LogP contribution in [0, 0.1) is 23.7 Å². The molecule has 136 valence electrons. The second-order valence-corrected chi connectivity index (χ2v) is 8.57. The van der Waals surface area contributed by atoms with Gasteiger partial charge in [0.15, 0.2) is 0 Å². The first-order valence-corrected chi connectivity index (χ1v) is 9.66. The Hall–Kier alpha value is -0.240. The highest BCUT2D eigenvalue weighted by molar-refractivity contribution is 5.05. The molecule has 4 N–H and O–H groups in total. The summed E-state index contributed by atoms with van der Waals surface area (Å²) in [5.74, 6) is 1.84. The van der Waals surface area contributed by atoms with Gasteiger partial charge in [-0.25, -0.2) is 0 Å². The van der Waals surface area contributed by atoms with E-state index >= 15 is 0 Å². The van der Waals surface area contributed by atoms with E-state index in [9.17, 15) is 0 Å². The van der Waals surface area contributed by atoms with Gasteiger partial charge < -0.3 is 30.4 Å². The fourth-order valence-electron chi connectivity index (χ4n) is 5.14. The van der Waals surface area contributed by atoms with Crippen molar-refractivity contribution in [3.05, 3.63) is 0 Å². The van der Waals surface area contributed by atoms with E-state index in [1.807, 2.05) is 0 Å². The minimum atomic E-state index is 0.147. The Bertz CT molecular complexity index is 434. The van der Waals surface area contributed by atoms with Crippen molar-refractivity contribution in [2.75, 3.05) is 26.4 Å². The van der Waals surface area contributed by atoms with Crippen LogP contribution in [0.25, 0.3) is 0 Å². The van der Waals surface area contributed by atoms with Gasteiger partial charge in [-0.1, -0.05) is 0 Å². The summed E-state index contributed by atoms with van der Waals surface area (Å²) in [6.45, 7) is 3.57. The molecule has 1 saturated carbocycles. The van der Waals surface area contributed by atoms with Gasteiger partial charge in [0.2, 0.25) is 0 Å². The van der Waals surface area contributed by atoms with Gasteiger partial charge in [-0.05, 0) is 49.4 Å². The van der Waals surface area contributed by atoms with Crippen molar-refractivity contribution < 1.29 is 18.9 Å². The van der Waals surface area contributed by atoms with Crippen LogP contribution in [0.5, 0.6) is 0 Å². The molecule has 0 bridgehead atoms. The van der Waals surface area contributed by atoms with Crippen LogP contribution in [0.4, 0.5) is 0 Å². The minimum Gasteiger partial charge on any atom is -0.373 e. The second-order valence-electron chi connectivity index (χ2n) is 8.57. The molecule has 0 aromatic rings. The van der Waals surface area contributed by atoms with Gasteiger partial charge in [0.05, 0.1) is 50.8 Å². The largest absolute Gasteiger partial charge is 0.373 e. The average Bonchev–Trinajstić information content (AvgIpc) is 3.42. The number of hydrogen-bond donors (Lipinski definition) is 2. The van der Waals surface area contributed by atoms with Crippen LogP contribution >= 0.6 is 0 Å². The molecule has 5 aliphatic rings. The lowest BCUT2D eigenvalue weighted by Crippen LogP contribution is -2.60. The van der Waals surface area contributed by atoms with Crippen molar-refractivity contribution in [2.24, 2.45) is 35.1 Å². The molecule has 0 radical (unpaired) electrons. The van der Waals surface area contributed by atoms with Gasteiger partial charge in [-0.2, -0.15) is 0 Å². The molecule has 1 aliphatic carbocycles. The van der Waals surface area contributed by atoms with Crippen molar-refractivity contribution in [3.63, 3.8) is 0 Å². The fourth-order valence-corrected chi connectivity index (χ4v) is 5.14. The summed E-state index contributed by atoms with van der Waals surface area (Å²) in [6, 6.07) is 0.294. The topological polar surface area (TPSA) is 102 Å². The summed E-state index contributed by atoms with van der Waals surface area (Å²) in [4.78, 5) is 0. The Labute approximate surface area is 143 Å². The maximum absolute atomic E-state index is 6.80. The maximum Gasteiger partial charge on any atom is 0.0813 e. The quantitative estimate of drug-likeness (QED) is 0.616. The lowest BCUT2D eigenvalue weighted by atomic mass is 9.58. The average molecular weight is 338 g/mol. The summed E-state index contributed by atoms with van der Waals surface area (Å²) >= 11 is 0. The molecule has 6 heteroatoms. The van der Waals surface area contributed by atoms with E-state index in [1.165, 1.54) is 0 Å². The lowest BCUT2D eigenvalue weighted by Gasteiger charge is -2.50. The predicted octanol–water partition coefficient (Wildman–Crippen LogP) is 0.275. The van der Waals surface area contributed by atoms with E-state index in [-0.39, 0.29) is 12.1 Å². The van der Waals surface area contributed by atoms with Gasteiger partial charge in [0, 0.05) is 12.1 Å². The number of nitrogens with two attached hydrogens (primary N) is 2. The molecule has 24 heavy (non-hydrogen) atoms. The highest BCUT2D eigenvalue weighted by atomic mass is 16.6. The van der Waals surface area contributed by atoms with Crippen molar-refractivity contribution in [1.82, 2.24) is 0 Å². The van der Waals surface area contributed by atoms with E-state index in [1.54, 1.807) is 0 Å². The number of epoxide rings is 4. The molecule has 0 aromatic heterocycles. The zero-order chi connectivity index (χ0) is 16.3. The Kier molecular flexibility index (Phi) is 4.11. The maximum atomic E-state index is 6.80. The predicted molar refractivity (Wildman–Crippen MR) is 87.3 cm³/mol. The van der Waals surface area contributed by atoms with E-state index in [0.29, 0.717) is 48.1 Å². The molecule has 4 heterocycles. The SMILES string of the molecule is NC1C(CC2CO2)C(N)C(CC2CO2)C(CC2CO2)C1CC1CO1. The Morgan fingerprint density at radius 3 is 1.12 bits per heavy atom. The summed E-state index contributed by atoms with van der Waals surface area (Å²) < 4.78 is 22.1. The molecule has 0 amide bonds. The monoisotopic (exact) mass is 338 g/mol. The van der Waals surface area contributed by atoms with E-state index in [2.05, 4.69) is 0 Å². The molecular weight excluding hydrogens is 308 g/mol. The minimum absolute atomic E-state index is 0.147. The number of hydrogen-bond acceptors (Lipinski definition) is 6. The van der Waals surface area contributed by atoms with Crippen LogP contribution in [0.2, 0.25) is 0 Å². The molecule has 0 aromatic carbocycles. The van der Waals surface area contributed by atoms with Gasteiger partial charge in [-0.3, -0.25) is 0 Å². The molecule has 4 aliphatic heterocycles. The fraction of sp³-hybridized carbons (Fsp3) is 1.00. The molecule has 0 spiro atoms. The standard InChI is InChI=1S/C18H30N2O4/c19-17-14(2-10-6-22-10)13(1-9-5-21-9)15(3-11-7-23-11)18(20)16(17)4-12-8-24-12/h9-18H,1-8,19-20H2. The van der Waals surface area contributed by atoms with E-state index in [4.69, 9.17) is 30.4 Å². The molecule has 4 saturated heterocycles. The highest BCUT2D eigenvalue weighted by Crippen LogP contribution is 2.48. The molecule has 5 rings (SSSR count). The van der Waals surface area contributed by atoms with Gasteiger partial charge in [0.25, 0.3) is 0 Å². The zero-order valence-electron chi connectivity index (χ0n) is 14.2. The molecule has 8 unspecified atom stereocenters. The normalized spacial score (nSPS) is 55.2.